The molecule has 1 fully saturated rings. The molecule has 1 saturated heterocycles. The van der Waals surface area contributed by atoms with E-state index >= 15 is 0 Å². The number of piperazine rings is 1. The van der Waals surface area contributed by atoms with Crippen molar-refractivity contribution in [3.63, 3.8) is 0 Å². The molecule has 1 rings (SSSR count). The summed E-state index contributed by atoms with van der Waals surface area (Å²) in [5, 5.41) is 19.9. The normalized spacial score (nSPS) is 23.2. The van der Waals surface area contributed by atoms with Crippen molar-refractivity contribution in [2.24, 2.45) is 0 Å². The number of carboxylic acid groups (broad SMARTS) is 1. The van der Waals surface area contributed by atoms with Crippen LogP contribution >= 0.6 is 0 Å². The van der Waals surface area contributed by atoms with Crippen LogP contribution in [0.2, 0.25) is 0 Å². The molecule has 0 aromatic rings. The van der Waals surface area contributed by atoms with E-state index in [0.29, 0.717) is 19.6 Å². The number of nitrogens with zero attached hydrogens (tertiary/aromatic N) is 1. The number of aliphatic hydroxyl groups is 1. The predicted octanol–water partition coefficient (Wildman–Crippen LogP) is -1.75. The number of carbonyl (C=O) groups is 2. The second-order valence-corrected chi connectivity index (χ2v) is 3.16. The molecule has 0 spiro atoms. The van der Waals surface area contributed by atoms with Gasteiger partial charge in [0.2, 0.25) is 5.91 Å². The van der Waals surface area contributed by atoms with Crippen LogP contribution in [0.4, 0.5) is 0 Å². The second-order valence-electron chi connectivity index (χ2n) is 3.16. The van der Waals surface area contributed by atoms with Gasteiger partial charge in [0.05, 0.1) is 19.1 Å². The summed E-state index contributed by atoms with van der Waals surface area (Å²) in [6, 6.07) is -0.645. The van der Waals surface area contributed by atoms with Crippen LogP contribution in [0.5, 0.6) is 0 Å². The first-order valence-corrected chi connectivity index (χ1v) is 4.49. The Balaban J connectivity index is 2.60. The molecule has 0 aromatic carbocycles. The quantitative estimate of drug-likeness (QED) is 0.503. The van der Waals surface area contributed by atoms with Gasteiger partial charge in [0.1, 0.15) is 0 Å². The number of β-amino-alcohol motifs (C(OH)–C–C–N with tert-alkyl or cyclic N) is 1. The van der Waals surface area contributed by atoms with E-state index in [-0.39, 0.29) is 18.9 Å². The van der Waals surface area contributed by atoms with Crippen molar-refractivity contribution in [1.29, 1.82) is 0 Å². The van der Waals surface area contributed by atoms with Crippen molar-refractivity contribution in [2.45, 2.75) is 12.5 Å². The third kappa shape index (κ3) is 2.68. The first-order chi connectivity index (χ1) is 6.65. The first kappa shape index (κ1) is 10.9. The Morgan fingerprint density at radius 2 is 2.36 bits per heavy atom. The lowest BCUT2D eigenvalue weighted by Gasteiger charge is -2.33. The van der Waals surface area contributed by atoms with Gasteiger partial charge in [-0.2, -0.15) is 0 Å². The Kier molecular flexibility index (Phi) is 3.84. The zero-order valence-corrected chi connectivity index (χ0v) is 7.77. The van der Waals surface area contributed by atoms with E-state index < -0.39 is 12.0 Å². The van der Waals surface area contributed by atoms with Crippen LogP contribution < -0.4 is 5.32 Å². The summed E-state index contributed by atoms with van der Waals surface area (Å²) < 4.78 is 0. The number of aliphatic carboxylic acids is 1. The molecule has 0 aromatic heterocycles. The summed E-state index contributed by atoms with van der Waals surface area (Å²) in [7, 11) is 0. The molecule has 1 unspecified atom stereocenters. The lowest BCUT2D eigenvalue weighted by Crippen LogP contribution is -2.56. The zero-order chi connectivity index (χ0) is 10.6. The molecule has 1 amide bonds. The SMILES string of the molecule is O=C(O)CC1C(=O)NCCN1CCO. The van der Waals surface area contributed by atoms with E-state index in [4.69, 9.17) is 10.2 Å². The molecule has 0 radical (unpaired) electrons. The maximum absolute atomic E-state index is 11.3. The van der Waals surface area contributed by atoms with Gasteiger partial charge in [-0.3, -0.25) is 14.5 Å². The van der Waals surface area contributed by atoms with Gasteiger partial charge in [0.15, 0.2) is 0 Å². The minimum Gasteiger partial charge on any atom is -0.481 e. The van der Waals surface area contributed by atoms with Gasteiger partial charge < -0.3 is 15.5 Å². The molecule has 1 heterocycles. The third-order valence-corrected chi connectivity index (χ3v) is 2.20. The van der Waals surface area contributed by atoms with Crippen molar-refractivity contribution in [1.82, 2.24) is 10.2 Å². The standard InChI is InChI=1S/C8H14N2O4/c11-4-3-10-2-1-9-8(14)6(10)5-7(12)13/h6,11H,1-5H2,(H,9,14)(H,12,13). The largest absolute Gasteiger partial charge is 0.481 e. The van der Waals surface area contributed by atoms with E-state index in [1.54, 1.807) is 4.90 Å². The Morgan fingerprint density at radius 3 is 2.93 bits per heavy atom. The van der Waals surface area contributed by atoms with Crippen LogP contribution in [0.15, 0.2) is 0 Å². The van der Waals surface area contributed by atoms with Crippen molar-refractivity contribution >= 4 is 11.9 Å². The van der Waals surface area contributed by atoms with Gasteiger partial charge in [0, 0.05) is 19.6 Å². The van der Waals surface area contributed by atoms with Gasteiger partial charge in [-0.25, -0.2) is 0 Å². The monoisotopic (exact) mass is 202 g/mol. The number of carbonyl (C=O) groups excluding carboxylic acids is 1. The van der Waals surface area contributed by atoms with Gasteiger partial charge in [-0.15, -0.1) is 0 Å². The predicted molar refractivity (Wildman–Crippen MR) is 47.7 cm³/mol. The molecule has 14 heavy (non-hydrogen) atoms. The van der Waals surface area contributed by atoms with Crippen molar-refractivity contribution in [2.75, 3.05) is 26.2 Å². The van der Waals surface area contributed by atoms with Gasteiger partial charge in [-0.05, 0) is 0 Å². The summed E-state index contributed by atoms with van der Waals surface area (Å²) in [5.41, 5.74) is 0. The fourth-order valence-corrected chi connectivity index (χ4v) is 1.55. The van der Waals surface area contributed by atoms with Crippen LogP contribution in [-0.2, 0) is 9.59 Å². The summed E-state index contributed by atoms with van der Waals surface area (Å²) in [6.45, 7) is 1.37. The lowest BCUT2D eigenvalue weighted by atomic mass is 10.1. The maximum Gasteiger partial charge on any atom is 0.305 e. The lowest BCUT2D eigenvalue weighted by molar-refractivity contribution is -0.143. The summed E-state index contributed by atoms with van der Waals surface area (Å²) >= 11 is 0. The van der Waals surface area contributed by atoms with Gasteiger partial charge >= 0.3 is 5.97 Å². The van der Waals surface area contributed by atoms with E-state index in [1.807, 2.05) is 0 Å². The van der Waals surface area contributed by atoms with Crippen LogP contribution in [0.1, 0.15) is 6.42 Å². The maximum atomic E-state index is 11.3. The van der Waals surface area contributed by atoms with Crippen LogP contribution in [0.25, 0.3) is 0 Å². The smallest absolute Gasteiger partial charge is 0.305 e. The molecule has 80 valence electrons. The number of hydrogen-bond acceptors (Lipinski definition) is 4. The second kappa shape index (κ2) is 4.92. The Morgan fingerprint density at radius 1 is 1.64 bits per heavy atom. The van der Waals surface area contributed by atoms with E-state index in [1.165, 1.54) is 0 Å². The number of carboxylic acids is 1. The number of amides is 1. The molecule has 1 aliphatic heterocycles. The first-order valence-electron chi connectivity index (χ1n) is 4.49. The highest BCUT2D eigenvalue weighted by Crippen LogP contribution is 2.07. The fraction of sp³-hybridized carbons (Fsp3) is 0.750. The van der Waals surface area contributed by atoms with Crippen molar-refractivity contribution in [3.05, 3.63) is 0 Å². The average molecular weight is 202 g/mol. The molecule has 6 nitrogen and oxygen atoms in total. The van der Waals surface area contributed by atoms with Crippen LogP contribution in [0, 0.1) is 0 Å². The minimum atomic E-state index is -1.00. The molecule has 1 atom stereocenters. The summed E-state index contributed by atoms with van der Waals surface area (Å²) in [5.74, 6) is -1.28. The summed E-state index contributed by atoms with van der Waals surface area (Å²) in [6.07, 6.45) is -0.216. The Bertz CT molecular complexity index is 229. The molecular weight excluding hydrogens is 188 g/mol. The Hall–Kier alpha value is -1.14. The highest BCUT2D eigenvalue weighted by Gasteiger charge is 2.30. The van der Waals surface area contributed by atoms with Gasteiger partial charge in [-0.1, -0.05) is 0 Å². The molecule has 0 aliphatic carbocycles. The van der Waals surface area contributed by atoms with Crippen LogP contribution in [-0.4, -0.2) is 59.3 Å². The van der Waals surface area contributed by atoms with Gasteiger partial charge in [0.25, 0.3) is 0 Å². The minimum absolute atomic E-state index is 0.0661. The molecule has 0 bridgehead atoms. The molecule has 6 heteroatoms. The fourth-order valence-electron chi connectivity index (χ4n) is 1.55. The Labute approximate surface area is 81.5 Å². The van der Waals surface area contributed by atoms with Crippen molar-refractivity contribution < 1.29 is 19.8 Å². The molecular formula is C8H14N2O4. The molecule has 1 aliphatic rings. The van der Waals surface area contributed by atoms with E-state index in [2.05, 4.69) is 5.32 Å². The van der Waals surface area contributed by atoms with E-state index in [0.717, 1.165) is 0 Å². The molecule has 0 saturated carbocycles. The average Bonchev–Trinajstić information content (AvgIpc) is 2.11. The third-order valence-electron chi connectivity index (χ3n) is 2.20. The molecule has 3 N–H and O–H groups in total. The van der Waals surface area contributed by atoms with Crippen molar-refractivity contribution in [3.8, 4) is 0 Å². The highest BCUT2D eigenvalue weighted by atomic mass is 16.4. The highest BCUT2D eigenvalue weighted by molar-refractivity contribution is 5.86. The topological polar surface area (TPSA) is 89.9 Å². The zero-order valence-electron chi connectivity index (χ0n) is 7.77. The number of rotatable bonds is 4. The number of aliphatic hydroxyl groups excluding tert-OH is 1. The summed E-state index contributed by atoms with van der Waals surface area (Å²) in [4.78, 5) is 23.5. The number of hydrogen-bond donors (Lipinski definition) is 3. The van der Waals surface area contributed by atoms with E-state index in [9.17, 15) is 9.59 Å². The van der Waals surface area contributed by atoms with Crippen LogP contribution in [0.3, 0.4) is 0 Å². The number of nitrogens with one attached hydrogen (secondary N) is 1.